The van der Waals surface area contributed by atoms with E-state index < -0.39 is 11.7 Å². The van der Waals surface area contributed by atoms with Gasteiger partial charge in [0.1, 0.15) is 5.65 Å². The van der Waals surface area contributed by atoms with E-state index in [1.54, 1.807) is 24.4 Å². The van der Waals surface area contributed by atoms with Crippen molar-refractivity contribution in [3.63, 3.8) is 0 Å². The van der Waals surface area contributed by atoms with Crippen LogP contribution in [0.4, 0.5) is 18.9 Å². The van der Waals surface area contributed by atoms with Gasteiger partial charge in [0.25, 0.3) is 0 Å². The van der Waals surface area contributed by atoms with Gasteiger partial charge in [-0.25, -0.2) is 4.98 Å². The molecule has 0 radical (unpaired) electrons. The van der Waals surface area contributed by atoms with Crippen LogP contribution in [0.15, 0.2) is 103 Å². The first kappa shape index (κ1) is 27.2. The Hall–Kier alpha value is -4.62. The van der Waals surface area contributed by atoms with Crippen LogP contribution in [-0.4, -0.2) is 48.1 Å². The van der Waals surface area contributed by atoms with E-state index >= 15 is 0 Å². The molecule has 4 aromatic carbocycles. The molecule has 1 aliphatic heterocycles. The van der Waals surface area contributed by atoms with Gasteiger partial charge >= 0.3 is 6.18 Å². The van der Waals surface area contributed by atoms with Crippen LogP contribution < -0.4 is 4.90 Å². The molecule has 2 aromatic heterocycles. The Labute approximate surface area is 248 Å². The molecule has 4 nitrogen and oxygen atoms in total. The normalized spacial score (nSPS) is 14.6. The number of pyridine rings is 1. The number of anilines is 1. The fourth-order valence-corrected chi connectivity index (χ4v) is 6.14. The molecule has 0 amide bonds. The summed E-state index contributed by atoms with van der Waals surface area (Å²) in [5.41, 5.74) is 6.61. The summed E-state index contributed by atoms with van der Waals surface area (Å²) in [5, 5.41) is 1.75. The zero-order valence-electron chi connectivity index (χ0n) is 23.8. The highest BCUT2D eigenvalue weighted by Gasteiger charge is 2.34. The maximum atomic E-state index is 14.3. The predicted molar refractivity (Wildman–Crippen MR) is 168 cm³/mol. The molecule has 0 unspecified atom stereocenters. The molecular formula is C36H31F3N4. The van der Waals surface area contributed by atoms with Gasteiger partial charge in [-0.2, -0.15) is 13.2 Å². The summed E-state index contributed by atoms with van der Waals surface area (Å²) >= 11 is 0. The maximum absolute atomic E-state index is 14.3. The molecule has 0 aliphatic carbocycles. The van der Waals surface area contributed by atoms with Crippen molar-refractivity contribution in [2.24, 2.45) is 0 Å². The first-order chi connectivity index (χ1) is 20.8. The van der Waals surface area contributed by atoms with Crippen LogP contribution >= 0.6 is 0 Å². The number of fused-ring (bicyclic) bond motifs is 3. The Balaban J connectivity index is 1.28. The van der Waals surface area contributed by atoms with Gasteiger partial charge in [0.2, 0.25) is 0 Å². The van der Waals surface area contributed by atoms with Crippen molar-refractivity contribution >= 4 is 27.6 Å². The van der Waals surface area contributed by atoms with Crippen LogP contribution in [0.2, 0.25) is 0 Å². The van der Waals surface area contributed by atoms with E-state index in [9.17, 15) is 13.2 Å². The van der Waals surface area contributed by atoms with Gasteiger partial charge in [0, 0.05) is 54.4 Å². The molecular weight excluding hydrogens is 545 g/mol. The lowest BCUT2D eigenvalue weighted by atomic mass is 9.93. The summed E-state index contributed by atoms with van der Waals surface area (Å²) in [4.78, 5) is 12.6. The second-order valence-electron chi connectivity index (χ2n) is 11.3. The molecule has 1 saturated heterocycles. The number of aromatic amines is 1. The summed E-state index contributed by atoms with van der Waals surface area (Å²) in [5.74, 6) is 0. The molecule has 0 spiro atoms. The minimum Gasteiger partial charge on any atom is -0.369 e. The number of alkyl halides is 3. The number of halogens is 3. The number of hydrogen-bond donors (Lipinski definition) is 1. The summed E-state index contributed by atoms with van der Waals surface area (Å²) in [6.45, 7) is 4.12. The lowest BCUT2D eigenvalue weighted by Crippen LogP contribution is -2.44. The van der Waals surface area contributed by atoms with Crippen molar-refractivity contribution in [3.05, 3.63) is 120 Å². The second-order valence-corrected chi connectivity index (χ2v) is 11.3. The van der Waals surface area contributed by atoms with Gasteiger partial charge in [0.15, 0.2) is 0 Å². The first-order valence-corrected chi connectivity index (χ1v) is 14.5. The van der Waals surface area contributed by atoms with Gasteiger partial charge < -0.3 is 14.8 Å². The minimum absolute atomic E-state index is 0.214. The Kier molecular flexibility index (Phi) is 6.90. The Bertz CT molecular complexity index is 1900. The fourth-order valence-electron chi connectivity index (χ4n) is 6.14. The van der Waals surface area contributed by atoms with Gasteiger partial charge in [-0.1, -0.05) is 60.7 Å². The molecule has 6 aromatic rings. The zero-order chi connectivity index (χ0) is 29.6. The van der Waals surface area contributed by atoms with Crippen LogP contribution in [0.25, 0.3) is 44.2 Å². The molecule has 0 saturated carbocycles. The van der Waals surface area contributed by atoms with E-state index in [0.717, 1.165) is 64.7 Å². The van der Waals surface area contributed by atoms with E-state index in [1.165, 1.54) is 11.8 Å². The highest BCUT2D eigenvalue weighted by molar-refractivity contribution is 6.13. The molecule has 0 atom stereocenters. The summed E-state index contributed by atoms with van der Waals surface area (Å²) in [6, 6.07) is 30.6. The van der Waals surface area contributed by atoms with Crippen LogP contribution in [0.1, 0.15) is 16.7 Å². The second kappa shape index (κ2) is 10.9. The highest BCUT2D eigenvalue weighted by atomic mass is 19.4. The molecule has 1 fully saturated rings. The average Bonchev–Trinajstić information content (AvgIpc) is 3.40. The van der Waals surface area contributed by atoms with Crippen molar-refractivity contribution in [2.75, 3.05) is 38.1 Å². The van der Waals surface area contributed by atoms with E-state index in [2.05, 4.69) is 63.2 Å². The monoisotopic (exact) mass is 576 g/mol. The Morgan fingerprint density at radius 2 is 1.49 bits per heavy atom. The highest BCUT2D eigenvalue weighted by Crippen LogP contribution is 2.40. The third-order valence-corrected chi connectivity index (χ3v) is 8.53. The molecule has 0 bridgehead atoms. The molecule has 3 heterocycles. The maximum Gasteiger partial charge on any atom is 0.416 e. The molecule has 43 heavy (non-hydrogen) atoms. The number of benzene rings is 4. The van der Waals surface area contributed by atoms with Crippen molar-refractivity contribution in [1.82, 2.24) is 14.9 Å². The van der Waals surface area contributed by atoms with Crippen molar-refractivity contribution in [3.8, 4) is 22.3 Å². The largest absolute Gasteiger partial charge is 0.416 e. The van der Waals surface area contributed by atoms with E-state index in [4.69, 9.17) is 0 Å². The quantitative estimate of drug-likeness (QED) is 0.224. The number of H-pyrrole nitrogens is 1. The average molecular weight is 577 g/mol. The zero-order valence-corrected chi connectivity index (χ0v) is 23.8. The van der Waals surface area contributed by atoms with Gasteiger partial charge in [-0.3, -0.25) is 0 Å². The number of likely N-dealkylation sites (N-methyl/N-ethyl adjacent to an activating group) is 1. The van der Waals surface area contributed by atoms with Crippen molar-refractivity contribution in [1.29, 1.82) is 0 Å². The topological polar surface area (TPSA) is 35.2 Å². The van der Waals surface area contributed by atoms with Gasteiger partial charge in [-0.15, -0.1) is 0 Å². The standard InChI is InChI=1S/C36H31F3N4/c1-42-17-19-43(20-18-42)29-12-9-25(10-13-29)26-11-14-33-31(22-26)34-30(15-16-40-35(34)41-33)27-7-8-28(32(23-27)36(37,38)39)21-24-5-3-2-4-6-24/h2-16,22-23H,17-21H2,1H3,(H,40,41). The van der Waals surface area contributed by atoms with Crippen LogP contribution in [0.3, 0.4) is 0 Å². The summed E-state index contributed by atoms with van der Waals surface area (Å²) in [6.07, 6.45) is -2.61. The lowest BCUT2D eigenvalue weighted by Gasteiger charge is -2.34. The van der Waals surface area contributed by atoms with Crippen LogP contribution in [-0.2, 0) is 12.6 Å². The lowest BCUT2D eigenvalue weighted by molar-refractivity contribution is -0.138. The third kappa shape index (κ3) is 5.37. The van der Waals surface area contributed by atoms with Crippen molar-refractivity contribution in [2.45, 2.75) is 12.6 Å². The molecule has 7 heteroatoms. The third-order valence-electron chi connectivity index (χ3n) is 8.53. The molecule has 1 N–H and O–H groups in total. The fraction of sp³-hybridized carbons (Fsp3) is 0.194. The Morgan fingerprint density at radius 1 is 0.767 bits per heavy atom. The molecule has 216 valence electrons. The number of rotatable bonds is 5. The number of piperazine rings is 1. The number of aromatic nitrogens is 2. The van der Waals surface area contributed by atoms with E-state index in [1.807, 2.05) is 36.4 Å². The minimum atomic E-state index is -4.48. The first-order valence-electron chi connectivity index (χ1n) is 14.5. The van der Waals surface area contributed by atoms with Gasteiger partial charge in [-0.05, 0) is 83.2 Å². The number of nitrogens with zero attached hydrogens (tertiary/aromatic N) is 3. The van der Waals surface area contributed by atoms with E-state index in [-0.39, 0.29) is 12.0 Å². The van der Waals surface area contributed by atoms with Crippen molar-refractivity contribution < 1.29 is 13.2 Å². The number of hydrogen-bond acceptors (Lipinski definition) is 3. The summed E-state index contributed by atoms with van der Waals surface area (Å²) in [7, 11) is 2.15. The molecule has 7 rings (SSSR count). The smallest absolute Gasteiger partial charge is 0.369 e. The van der Waals surface area contributed by atoms with Gasteiger partial charge in [0.05, 0.1) is 5.56 Å². The molecule has 1 aliphatic rings. The SMILES string of the molecule is CN1CCN(c2ccc(-c3ccc4[nH]c5nccc(-c6ccc(Cc7ccccc7)c(C(F)(F)F)c6)c5c4c3)cc2)CC1. The predicted octanol–water partition coefficient (Wildman–Crippen LogP) is 8.41. The summed E-state index contributed by atoms with van der Waals surface area (Å²) < 4.78 is 43.0. The van der Waals surface area contributed by atoms with Crippen LogP contribution in [0.5, 0.6) is 0 Å². The number of nitrogens with one attached hydrogen (secondary N) is 1. The Morgan fingerprint density at radius 3 is 2.23 bits per heavy atom. The van der Waals surface area contributed by atoms with Crippen LogP contribution in [0, 0.1) is 0 Å². The van der Waals surface area contributed by atoms with E-state index in [0.29, 0.717) is 11.2 Å².